The summed E-state index contributed by atoms with van der Waals surface area (Å²) in [6.07, 6.45) is 16.8. The van der Waals surface area contributed by atoms with Gasteiger partial charge in [-0.1, -0.05) is 78.9 Å². The van der Waals surface area contributed by atoms with E-state index in [2.05, 4.69) is 67.6 Å². The monoisotopic (exact) mass is 394 g/mol. The number of hydrogen-bond acceptors (Lipinski definition) is 3. The third-order valence-electron chi connectivity index (χ3n) is 5.41. The molecule has 0 atom stereocenters. The van der Waals surface area contributed by atoms with Gasteiger partial charge in [-0.05, 0) is 48.5 Å². The van der Waals surface area contributed by atoms with Gasteiger partial charge >= 0.3 is 0 Å². The average Bonchev–Trinajstić information content (AvgIpc) is 2.80. The van der Waals surface area contributed by atoms with Crippen molar-refractivity contribution >= 4 is 5.78 Å². The second-order valence-electron chi connectivity index (χ2n) is 7.75. The molecular formula is C27H26N2O. The largest absolute Gasteiger partial charge is 0.347 e. The zero-order chi connectivity index (χ0) is 20.9. The Morgan fingerprint density at radius 1 is 0.800 bits per heavy atom. The fourth-order valence-electron chi connectivity index (χ4n) is 3.55. The number of hydrogen-bond donors (Lipinski definition) is 0. The summed E-state index contributed by atoms with van der Waals surface area (Å²) in [5.74, 6) is 0.103. The van der Waals surface area contributed by atoms with E-state index < -0.39 is 0 Å². The van der Waals surface area contributed by atoms with Crippen molar-refractivity contribution < 1.29 is 4.79 Å². The molecule has 0 unspecified atom stereocenters. The summed E-state index contributed by atoms with van der Waals surface area (Å²) in [4.78, 5) is 16.8. The van der Waals surface area contributed by atoms with Gasteiger partial charge in [0.15, 0.2) is 5.78 Å². The van der Waals surface area contributed by atoms with Crippen molar-refractivity contribution in [3.8, 4) is 11.1 Å². The molecule has 0 fully saturated rings. The minimum Gasteiger partial charge on any atom is -0.347 e. The molecule has 1 heterocycles. The van der Waals surface area contributed by atoms with Crippen LogP contribution in [0.4, 0.5) is 0 Å². The number of carbonyl (C=O) groups excluding carboxylic acids is 1. The van der Waals surface area contributed by atoms with Crippen LogP contribution in [0.2, 0.25) is 0 Å². The zero-order valence-corrected chi connectivity index (χ0v) is 17.4. The van der Waals surface area contributed by atoms with Gasteiger partial charge in [0.1, 0.15) is 0 Å². The van der Waals surface area contributed by atoms with Crippen molar-refractivity contribution in [1.82, 2.24) is 9.80 Å². The molecule has 4 rings (SSSR count). The summed E-state index contributed by atoms with van der Waals surface area (Å²) in [5.41, 5.74) is 5.33. The summed E-state index contributed by atoms with van der Waals surface area (Å²) >= 11 is 0. The summed E-state index contributed by atoms with van der Waals surface area (Å²) in [6.45, 7) is 0.328. The van der Waals surface area contributed by atoms with Gasteiger partial charge < -0.3 is 4.90 Å². The summed E-state index contributed by atoms with van der Waals surface area (Å²) in [7, 11) is 4.14. The van der Waals surface area contributed by atoms with Gasteiger partial charge in [-0.25, -0.2) is 0 Å². The number of carbonyl (C=O) groups is 1. The van der Waals surface area contributed by atoms with Gasteiger partial charge in [0.2, 0.25) is 0 Å². The standard InChI is InChI=1S/C27H26N2O/c1-28(2)26-14-12-23(13-15-26)24-16-18-29(19-17-24)20-27(30)25-10-8-22(9-11-25)21-6-4-3-5-7-21/h3-19,26H,20H2,1-2H3. The molecule has 2 aliphatic rings. The Hall–Kier alpha value is -3.43. The van der Waals surface area contributed by atoms with Crippen molar-refractivity contribution in [3.63, 3.8) is 0 Å². The fraction of sp³-hybridized carbons (Fsp3) is 0.148. The molecule has 1 aliphatic heterocycles. The highest BCUT2D eigenvalue weighted by atomic mass is 16.1. The molecular weight excluding hydrogens is 368 g/mol. The number of ketones is 1. The molecule has 30 heavy (non-hydrogen) atoms. The highest BCUT2D eigenvalue weighted by molar-refractivity contribution is 5.98. The maximum absolute atomic E-state index is 12.7. The van der Waals surface area contributed by atoms with Gasteiger partial charge in [0, 0.05) is 24.0 Å². The molecule has 2 aromatic carbocycles. The van der Waals surface area contributed by atoms with E-state index in [1.165, 1.54) is 5.57 Å². The van der Waals surface area contributed by atoms with Crippen molar-refractivity contribution in [3.05, 3.63) is 120 Å². The summed E-state index contributed by atoms with van der Waals surface area (Å²) in [6, 6.07) is 18.4. The predicted octanol–water partition coefficient (Wildman–Crippen LogP) is 5.23. The van der Waals surface area contributed by atoms with Gasteiger partial charge in [0.25, 0.3) is 0 Å². The van der Waals surface area contributed by atoms with Crippen LogP contribution in [0.5, 0.6) is 0 Å². The number of Topliss-reactive ketones (excluding diaryl/α,β-unsaturated/α-hetero) is 1. The Morgan fingerprint density at radius 3 is 1.97 bits per heavy atom. The van der Waals surface area contributed by atoms with Crippen LogP contribution in [0.1, 0.15) is 10.4 Å². The lowest BCUT2D eigenvalue weighted by atomic mass is 9.99. The topological polar surface area (TPSA) is 23.6 Å². The summed E-state index contributed by atoms with van der Waals surface area (Å²) in [5, 5.41) is 0. The molecule has 0 spiro atoms. The maximum atomic E-state index is 12.7. The number of rotatable bonds is 5. The molecule has 0 saturated heterocycles. The van der Waals surface area contributed by atoms with E-state index in [9.17, 15) is 4.79 Å². The molecule has 3 nitrogen and oxygen atoms in total. The van der Waals surface area contributed by atoms with E-state index in [4.69, 9.17) is 0 Å². The van der Waals surface area contributed by atoms with Crippen LogP contribution in [0.15, 0.2) is 115 Å². The van der Waals surface area contributed by atoms with E-state index >= 15 is 0 Å². The van der Waals surface area contributed by atoms with Crippen LogP contribution in [-0.2, 0) is 0 Å². The highest BCUT2D eigenvalue weighted by Gasteiger charge is 2.13. The van der Waals surface area contributed by atoms with Crippen LogP contribution in [0, 0.1) is 0 Å². The lowest BCUT2D eigenvalue weighted by Crippen LogP contribution is -2.24. The van der Waals surface area contributed by atoms with Gasteiger partial charge in [-0.2, -0.15) is 0 Å². The average molecular weight is 395 g/mol. The molecule has 1 aliphatic carbocycles. The Balaban J connectivity index is 1.38. The van der Waals surface area contributed by atoms with Gasteiger partial charge in [0.05, 0.1) is 6.54 Å². The molecule has 0 amide bonds. The predicted molar refractivity (Wildman–Crippen MR) is 124 cm³/mol. The van der Waals surface area contributed by atoms with Crippen LogP contribution >= 0.6 is 0 Å². The lowest BCUT2D eigenvalue weighted by Gasteiger charge is -2.22. The van der Waals surface area contributed by atoms with Crippen LogP contribution in [-0.4, -0.2) is 42.3 Å². The smallest absolute Gasteiger partial charge is 0.182 e. The summed E-state index contributed by atoms with van der Waals surface area (Å²) < 4.78 is 0. The molecule has 0 saturated carbocycles. The third kappa shape index (κ3) is 4.58. The number of allylic oxidation sites excluding steroid dienone is 6. The van der Waals surface area contributed by atoms with Crippen LogP contribution in [0.3, 0.4) is 0 Å². The molecule has 3 heteroatoms. The molecule has 0 radical (unpaired) electrons. The molecule has 0 aromatic heterocycles. The van der Waals surface area contributed by atoms with Gasteiger partial charge in [-0.3, -0.25) is 9.69 Å². The Bertz CT molecular complexity index is 1020. The van der Waals surface area contributed by atoms with E-state index in [-0.39, 0.29) is 5.78 Å². The Kier molecular flexibility index (Phi) is 5.92. The van der Waals surface area contributed by atoms with Gasteiger partial charge in [-0.15, -0.1) is 0 Å². The van der Waals surface area contributed by atoms with Crippen LogP contribution < -0.4 is 0 Å². The maximum Gasteiger partial charge on any atom is 0.182 e. The minimum atomic E-state index is 0.103. The van der Waals surface area contributed by atoms with Crippen molar-refractivity contribution in [2.24, 2.45) is 0 Å². The first kappa shape index (κ1) is 19.9. The van der Waals surface area contributed by atoms with E-state index in [1.807, 2.05) is 59.8 Å². The SMILES string of the molecule is CN(C)C1C=CC(=C2C=CN(CC(=O)c3ccc(-c4ccccc4)cc3)C=C2)C=C1. The Labute approximate surface area is 178 Å². The molecule has 2 aromatic rings. The number of benzene rings is 2. The highest BCUT2D eigenvalue weighted by Crippen LogP contribution is 2.22. The minimum absolute atomic E-state index is 0.103. The van der Waals surface area contributed by atoms with Crippen LogP contribution in [0.25, 0.3) is 11.1 Å². The first-order valence-electron chi connectivity index (χ1n) is 10.2. The molecule has 150 valence electrons. The van der Waals surface area contributed by atoms with E-state index in [1.54, 1.807) is 0 Å². The molecule has 0 bridgehead atoms. The van der Waals surface area contributed by atoms with E-state index in [0.29, 0.717) is 12.6 Å². The van der Waals surface area contributed by atoms with Crippen molar-refractivity contribution in [1.29, 1.82) is 0 Å². The number of likely N-dealkylation sites (N-methyl/N-ethyl adjacent to an activating group) is 1. The first-order valence-corrected chi connectivity index (χ1v) is 10.2. The zero-order valence-electron chi connectivity index (χ0n) is 17.4. The van der Waals surface area contributed by atoms with Crippen molar-refractivity contribution in [2.45, 2.75) is 6.04 Å². The van der Waals surface area contributed by atoms with Crippen molar-refractivity contribution in [2.75, 3.05) is 20.6 Å². The molecule has 0 N–H and O–H groups in total. The number of nitrogens with zero attached hydrogens (tertiary/aromatic N) is 2. The Morgan fingerprint density at radius 2 is 1.37 bits per heavy atom. The lowest BCUT2D eigenvalue weighted by molar-refractivity contribution is 0.0969. The van der Waals surface area contributed by atoms with E-state index in [0.717, 1.165) is 22.3 Å². The normalized spacial score (nSPS) is 17.8. The third-order valence-corrected chi connectivity index (χ3v) is 5.41. The fourth-order valence-corrected chi connectivity index (χ4v) is 3.55. The second-order valence-corrected chi connectivity index (χ2v) is 7.75. The first-order chi connectivity index (χ1) is 14.6. The quantitative estimate of drug-likeness (QED) is 0.649. The second kappa shape index (κ2) is 8.93.